The molecule has 0 aliphatic carbocycles. The van der Waals surface area contributed by atoms with Crippen LogP contribution in [0.2, 0.25) is 0 Å². The standard InChI is InChI=1S/C13H14FNOS/c1-9-15-13(8-17-9)6-11(7-16)10-3-2-4-12(14)5-10/h2-5,8,11,16H,6-7H2,1H3. The molecule has 1 unspecified atom stereocenters. The van der Waals surface area contributed by atoms with E-state index in [0.717, 1.165) is 16.3 Å². The molecule has 0 saturated carbocycles. The van der Waals surface area contributed by atoms with Gasteiger partial charge in [-0.3, -0.25) is 0 Å². The number of thiazole rings is 1. The number of benzene rings is 1. The van der Waals surface area contributed by atoms with E-state index in [1.54, 1.807) is 17.4 Å². The molecule has 0 bridgehead atoms. The van der Waals surface area contributed by atoms with Crippen molar-refractivity contribution >= 4 is 11.3 Å². The van der Waals surface area contributed by atoms with Gasteiger partial charge in [0, 0.05) is 11.3 Å². The van der Waals surface area contributed by atoms with Crippen LogP contribution < -0.4 is 0 Å². The second-order valence-corrected chi connectivity index (χ2v) is 5.06. The van der Waals surface area contributed by atoms with E-state index in [9.17, 15) is 9.50 Å². The number of aliphatic hydroxyl groups excluding tert-OH is 1. The van der Waals surface area contributed by atoms with Gasteiger partial charge in [-0.2, -0.15) is 0 Å². The van der Waals surface area contributed by atoms with Gasteiger partial charge in [0.1, 0.15) is 5.82 Å². The summed E-state index contributed by atoms with van der Waals surface area (Å²) in [5.41, 5.74) is 1.77. The summed E-state index contributed by atoms with van der Waals surface area (Å²) in [5.74, 6) is -0.359. The van der Waals surface area contributed by atoms with Gasteiger partial charge in [0.05, 0.1) is 17.3 Å². The van der Waals surface area contributed by atoms with Crippen molar-refractivity contribution in [2.45, 2.75) is 19.3 Å². The quantitative estimate of drug-likeness (QED) is 0.906. The lowest BCUT2D eigenvalue weighted by atomic mass is 9.95. The molecule has 17 heavy (non-hydrogen) atoms. The van der Waals surface area contributed by atoms with Crippen LogP contribution in [0, 0.1) is 12.7 Å². The van der Waals surface area contributed by atoms with Gasteiger partial charge >= 0.3 is 0 Å². The van der Waals surface area contributed by atoms with E-state index in [1.165, 1.54) is 12.1 Å². The Morgan fingerprint density at radius 2 is 2.29 bits per heavy atom. The Balaban J connectivity index is 2.16. The molecule has 1 aromatic heterocycles. The van der Waals surface area contributed by atoms with E-state index < -0.39 is 0 Å². The molecule has 90 valence electrons. The first kappa shape index (κ1) is 12.2. The third-order valence-corrected chi connectivity index (χ3v) is 3.48. The van der Waals surface area contributed by atoms with Crippen molar-refractivity contribution in [2.75, 3.05) is 6.61 Å². The van der Waals surface area contributed by atoms with Gasteiger partial charge in [-0.25, -0.2) is 9.37 Å². The van der Waals surface area contributed by atoms with Crippen molar-refractivity contribution in [1.82, 2.24) is 4.98 Å². The molecule has 2 nitrogen and oxygen atoms in total. The molecule has 0 radical (unpaired) electrons. The van der Waals surface area contributed by atoms with Crippen LogP contribution in [0.15, 0.2) is 29.6 Å². The highest BCUT2D eigenvalue weighted by atomic mass is 32.1. The van der Waals surface area contributed by atoms with Crippen LogP contribution in [0.3, 0.4) is 0 Å². The molecule has 1 N–H and O–H groups in total. The van der Waals surface area contributed by atoms with Crippen molar-refractivity contribution in [3.05, 3.63) is 51.7 Å². The highest BCUT2D eigenvalue weighted by Gasteiger charge is 2.13. The van der Waals surface area contributed by atoms with Crippen LogP contribution in [-0.4, -0.2) is 16.7 Å². The predicted octanol–water partition coefficient (Wildman–Crippen LogP) is 2.91. The smallest absolute Gasteiger partial charge is 0.123 e. The van der Waals surface area contributed by atoms with Crippen LogP contribution in [-0.2, 0) is 6.42 Å². The van der Waals surface area contributed by atoms with Gasteiger partial charge in [-0.1, -0.05) is 12.1 Å². The zero-order chi connectivity index (χ0) is 12.3. The molecule has 0 fully saturated rings. The normalized spacial score (nSPS) is 12.6. The molecule has 0 saturated heterocycles. The fourth-order valence-corrected chi connectivity index (χ4v) is 2.43. The molecule has 0 aliphatic heterocycles. The van der Waals surface area contributed by atoms with Crippen LogP contribution in [0.4, 0.5) is 4.39 Å². The molecule has 0 spiro atoms. The van der Waals surface area contributed by atoms with Crippen LogP contribution in [0.5, 0.6) is 0 Å². The Kier molecular flexibility index (Phi) is 3.86. The molecular formula is C13H14FNOS. The Morgan fingerprint density at radius 1 is 1.47 bits per heavy atom. The van der Waals surface area contributed by atoms with Crippen LogP contribution in [0.1, 0.15) is 22.2 Å². The highest BCUT2D eigenvalue weighted by molar-refractivity contribution is 7.09. The molecule has 1 heterocycles. The van der Waals surface area contributed by atoms with E-state index in [0.29, 0.717) is 6.42 Å². The zero-order valence-corrected chi connectivity index (χ0v) is 10.4. The molecule has 2 rings (SSSR count). The number of rotatable bonds is 4. The van der Waals surface area contributed by atoms with E-state index in [4.69, 9.17) is 0 Å². The van der Waals surface area contributed by atoms with Gasteiger partial charge in [0.25, 0.3) is 0 Å². The van der Waals surface area contributed by atoms with E-state index in [2.05, 4.69) is 4.98 Å². The number of hydrogen-bond donors (Lipinski definition) is 1. The lowest BCUT2D eigenvalue weighted by Gasteiger charge is -2.13. The predicted molar refractivity (Wildman–Crippen MR) is 66.8 cm³/mol. The number of hydrogen-bond acceptors (Lipinski definition) is 3. The first-order valence-corrected chi connectivity index (χ1v) is 6.34. The molecule has 0 amide bonds. The van der Waals surface area contributed by atoms with Crippen molar-refractivity contribution in [3.8, 4) is 0 Å². The van der Waals surface area contributed by atoms with Crippen molar-refractivity contribution in [2.24, 2.45) is 0 Å². The molecule has 0 aliphatic rings. The third kappa shape index (κ3) is 3.11. The maximum absolute atomic E-state index is 13.1. The van der Waals surface area contributed by atoms with Gasteiger partial charge < -0.3 is 5.11 Å². The van der Waals surface area contributed by atoms with Gasteiger partial charge in [-0.15, -0.1) is 11.3 Å². The summed E-state index contributed by atoms with van der Waals surface area (Å²) >= 11 is 1.59. The van der Waals surface area contributed by atoms with Crippen LogP contribution in [0.25, 0.3) is 0 Å². The van der Waals surface area contributed by atoms with E-state index in [1.807, 2.05) is 18.4 Å². The lowest BCUT2D eigenvalue weighted by molar-refractivity contribution is 0.263. The molecule has 2 aromatic rings. The molecular weight excluding hydrogens is 237 g/mol. The maximum atomic E-state index is 13.1. The SMILES string of the molecule is Cc1nc(CC(CO)c2cccc(F)c2)cs1. The summed E-state index contributed by atoms with van der Waals surface area (Å²) in [5, 5.41) is 12.4. The topological polar surface area (TPSA) is 33.1 Å². The number of nitrogens with zero attached hydrogens (tertiary/aromatic N) is 1. The third-order valence-electron chi connectivity index (χ3n) is 2.66. The minimum absolute atomic E-state index is 0.0000274. The molecule has 1 atom stereocenters. The molecule has 4 heteroatoms. The lowest BCUT2D eigenvalue weighted by Crippen LogP contribution is -2.08. The number of halogens is 1. The first-order chi connectivity index (χ1) is 8.19. The second kappa shape index (κ2) is 5.38. The first-order valence-electron chi connectivity index (χ1n) is 5.46. The second-order valence-electron chi connectivity index (χ2n) is 4.00. The Labute approximate surface area is 104 Å². The summed E-state index contributed by atoms with van der Waals surface area (Å²) < 4.78 is 13.1. The summed E-state index contributed by atoms with van der Waals surface area (Å²) in [6.45, 7) is 1.95. The van der Waals surface area contributed by atoms with Crippen molar-refractivity contribution in [1.29, 1.82) is 0 Å². The minimum atomic E-state index is -0.268. The van der Waals surface area contributed by atoms with Crippen molar-refractivity contribution < 1.29 is 9.50 Å². The average Bonchev–Trinajstić information content (AvgIpc) is 2.72. The maximum Gasteiger partial charge on any atom is 0.123 e. The summed E-state index contributed by atoms with van der Waals surface area (Å²) in [6.07, 6.45) is 0.643. The van der Waals surface area contributed by atoms with Gasteiger partial charge in [0.15, 0.2) is 0 Å². The molecule has 1 aromatic carbocycles. The van der Waals surface area contributed by atoms with Gasteiger partial charge in [0.2, 0.25) is 0 Å². The summed E-state index contributed by atoms with van der Waals surface area (Å²) in [4.78, 5) is 4.36. The van der Waals surface area contributed by atoms with E-state index in [-0.39, 0.29) is 18.3 Å². The number of aryl methyl sites for hydroxylation is 1. The van der Waals surface area contributed by atoms with E-state index >= 15 is 0 Å². The number of aliphatic hydroxyl groups is 1. The average molecular weight is 251 g/mol. The summed E-state index contributed by atoms with van der Waals surface area (Å²) in [7, 11) is 0. The van der Waals surface area contributed by atoms with Crippen LogP contribution >= 0.6 is 11.3 Å². The fraction of sp³-hybridized carbons (Fsp3) is 0.308. The highest BCUT2D eigenvalue weighted by Crippen LogP contribution is 2.22. The minimum Gasteiger partial charge on any atom is -0.396 e. The Bertz CT molecular complexity index is 498. The Morgan fingerprint density at radius 3 is 2.88 bits per heavy atom. The van der Waals surface area contributed by atoms with Gasteiger partial charge in [-0.05, 0) is 31.0 Å². The monoisotopic (exact) mass is 251 g/mol. The van der Waals surface area contributed by atoms with Crippen molar-refractivity contribution in [3.63, 3.8) is 0 Å². The summed E-state index contributed by atoms with van der Waals surface area (Å²) in [6, 6.07) is 6.38. The zero-order valence-electron chi connectivity index (χ0n) is 9.56. The largest absolute Gasteiger partial charge is 0.396 e. The Hall–Kier alpha value is -1.26. The fourth-order valence-electron chi connectivity index (χ4n) is 1.80. The number of aromatic nitrogens is 1.